The molecule has 4 rings (SSSR count). The molecule has 182 valence electrons. The maximum Gasteiger partial charge on any atom is 0.269 e. The first kappa shape index (κ1) is 25.1. The number of halogens is 4. The Hall–Kier alpha value is -1.99. The summed E-state index contributed by atoms with van der Waals surface area (Å²) < 4.78 is 81.8. The molecule has 0 atom stereocenters. The molecule has 0 spiro atoms. The van der Waals surface area contributed by atoms with Gasteiger partial charge in [-0.1, -0.05) is 6.07 Å². The number of aromatic nitrogens is 1. The molecule has 34 heavy (non-hydrogen) atoms. The summed E-state index contributed by atoms with van der Waals surface area (Å²) in [5.74, 6) is -2.80. The number of nitrogens with zero attached hydrogens (tertiary/aromatic N) is 2. The van der Waals surface area contributed by atoms with Gasteiger partial charge in [-0.25, -0.2) is 30.9 Å². The van der Waals surface area contributed by atoms with Crippen LogP contribution in [0, 0.1) is 17.5 Å². The minimum atomic E-state index is -4.70. The Morgan fingerprint density at radius 2 is 1.94 bits per heavy atom. The lowest BCUT2D eigenvalue weighted by atomic mass is 10.0. The molecule has 3 aromatic rings. The molecule has 1 aliphatic heterocycles. The first-order chi connectivity index (χ1) is 16.2. The highest BCUT2D eigenvalue weighted by Gasteiger charge is 2.32. The highest BCUT2D eigenvalue weighted by atomic mass is 79.9. The Bertz CT molecular complexity index is 1300. The normalized spacial score (nSPS) is 15.0. The monoisotopic (exact) mass is 576 g/mol. The number of benzene rings is 2. The third-order valence-electron chi connectivity index (χ3n) is 5.38. The van der Waals surface area contributed by atoms with E-state index in [1.54, 1.807) is 0 Å². The van der Waals surface area contributed by atoms with Crippen molar-refractivity contribution in [2.45, 2.75) is 23.7 Å². The van der Waals surface area contributed by atoms with Gasteiger partial charge >= 0.3 is 0 Å². The van der Waals surface area contributed by atoms with E-state index in [4.69, 9.17) is 9.47 Å². The van der Waals surface area contributed by atoms with Crippen LogP contribution in [0.1, 0.15) is 23.8 Å². The molecule has 1 aromatic heterocycles. The Kier molecular flexibility index (Phi) is 7.63. The van der Waals surface area contributed by atoms with E-state index in [-0.39, 0.29) is 17.2 Å². The molecule has 0 bridgehead atoms. The second-order valence-corrected chi connectivity index (χ2v) is 11.7. The second-order valence-electron chi connectivity index (χ2n) is 7.55. The van der Waals surface area contributed by atoms with Crippen LogP contribution >= 0.6 is 27.3 Å². The van der Waals surface area contributed by atoms with Crippen LogP contribution in [0.15, 0.2) is 45.1 Å². The van der Waals surface area contributed by atoms with Gasteiger partial charge in [-0.2, -0.15) is 0 Å². The predicted molar refractivity (Wildman–Crippen MR) is 126 cm³/mol. The van der Waals surface area contributed by atoms with Crippen LogP contribution in [-0.4, -0.2) is 40.5 Å². The zero-order chi connectivity index (χ0) is 24.5. The summed E-state index contributed by atoms with van der Waals surface area (Å²) in [5, 5.41) is 0.832. The lowest BCUT2D eigenvalue weighted by molar-refractivity contribution is 0.0853. The Morgan fingerprint density at radius 1 is 1.21 bits per heavy atom. The first-order valence-electron chi connectivity index (χ1n) is 10.2. The Labute approximate surface area is 207 Å². The lowest BCUT2D eigenvalue weighted by Gasteiger charge is -2.25. The van der Waals surface area contributed by atoms with Gasteiger partial charge in [0.1, 0.15) is 23.3 Å². The molecule has 0 aliphatic carbocycles. The van der Waals surface area contributed by atoms with Crippen LogP contribution in [0.5, 0.6) is 0 Å². The number of methoxy groups -OCH3 is 1. The standard InChI is InChI=1S/C22H20BrF3N2O4S2/c1-31-12-28(34(29,30)18-11-14(24)5-6-16(18)25)17-4-2-3-15(19(17)26)20-21(23)33-22(27-20)13-7-9-32-10-8-13/h2-6,11,13H,7-10,12H2,1H3. The van der Waals surface area contributed by atoms with Crippen LogP contribution in [-0.2, 0) is 19.5 Å². The predicted octanol–water partition coefficient (Wildman–Crippen LogP) is 5.68. The maximum atomic E-state index is 15.8. The molecular formula is C22H20BrF3N2O4S2. The number of ether oxygens (including phenoxy) is 2. The highest BCUT2D eigenvalue weighted by molar-refractivity contribution is 9.11. The molecular weight excluding hydrogens is 557 g/mol. The van der Waals surface area contributed by atoms with Crippen LogP contribution in [0.25, 0.3) is 11.3 Å². The molecule has 1 aliphatic rings. The quantitative estimate of drug-likeness (QED) is 0.338. The van der Waals surface area contributed by atoms with E-state index in [0.717, 1.165) is 23.9 Å². The summed E-state index contributed by atoms with van der Waals surface area (Å²) in [7, 11) is -3.49. The average molecular weight is 577 g/mol. The largest absolute Gasteiger partial charge is 0.381 e. The van der Waals surface area contributed by atoms with Gasteiger partial charge in [-0.15, -0.1) is 11.3 Å². The fraction of sp³-hybridized carbons (Fsp3) is 0.318. The number of rotatable bonds is 7. The Balaban J connectivity index is 1.78. The third kappa shape index (κ3) is 4.87. The van der Waals surface area contributed by atoms with E-state index in [0.29, 0.717) is 39.1 Å². The Morgan fingerprint density at radius 3 is 2.65 bits per heavy atom. The minimum Gasteiger partial charge on any atom is -0.381 e. The van der Waals surface area contributed by atoms with E-state index in [2.05, 4.69) is 20.9 Å². The van der Waals surface area contributed by atoms with Crippen LogP contribution in [0.3, 0.4) is 0 Å². The van der Waals surface area contributed by atoms with E-state index in [1.807, 2.05) is 0 Å². The van der Waals surface area contributed by atoms with Crippen molar-refractivity contribution < 1.29 is 31.1 Å². The molecule has 1 fully saturated rings. The van der Waals surface area contributed by atoms with Gasteiger partial charge in [-0.05, 0) is 59.1 Å². The van der Waals surface area contributed by atoms with Crippen LogP contribution in [0.4, 0.5) is 18.9 Å². The highest BCUT2D eigenvalue weighted by Crippen LogP contribution is 2.41. The van der Waals surface area contributed by atoms with Crippen molar-refractivity contribution >= 4 is 43.0 Å². The number of anilines is 1. The molecule has 0 radical (unpaired) electrons. The van der Waals surface area contributed by atoms with Gasteiger partial charge in [0.25, 0.3) is 10.0 Å². The van der Waals surface area contributed by atoms with Crippen molar-refractivity contribution in [1.82, 2.24) is 4.98 Å². The number of sulfonamides is 1. The van der Waals surface area contributed by atoms with E-state index in [1.165, 1.54) is 36.6 Å². The summed E-state index contributed by atoms with van der Waals surface area (Å²) in [6.07, 6.45) is 1.61. The molecule has 1 saturated heterocycles. The summed E-state index contributed by atoms with van der Waals surface area (Å²) in [5.41, 5.74) is 0.0167. The maximum absolute atomic E-state index is 15.8. The summed E-state index contributed by atoms with van der Waals surface area (Å²) >= 11 is 4.84. The number of thiazole rings is 1. The lowest BCUT2D eigenvalue weighted by Crippen LogP contribution is -2.34. The van der Waals surface area contributed by atoms with Crippen molar-refractivity contribution in [3.05, 3.63) is 62.6 Å². The van der Waals surface area contributed by atoms with Crippen molar-refractivity contribution in [3.8, 4) is 11.3 Å². The van der Waals surface area contributed by atoms with Crippen molar-refractivity contribution in [2.75, 3.05) is 31.4 Å². The molecule has 12 heteroatoms. The van der Waals surface area contributed by atoms with Crippen molar-refractivity contribution in [2.24, 2.45) is 0 Å². The van der Waals surface area contributed by atoms with Crippen LogP contribution in [0.2, 0.25) is 0 Å². The second kappa shape index (κ2) is 10.3. The number of hydrogen-bond donors (Lipinski definition) is 0. The van der Waals surface area contributed by atoms with Crippen molar-refractivity contribution in [1.29, 1.82) is 0 Å². The van der Waals surface area contributed by atoms with Crippen LogP contribution < -0.4 is 4.31 Å². The van der Waals surface area contributed by atoms with E-state index >= 15 is 4.39 Å². The van der Waals surface area contributed by atoms with Gasteiger partial charge in [-0.3, -0.25) is 0 Å². The molecule has 0 N–H and O–H groups in total. The SMILES string of the molecule is COCN(c1cccc(-c2nc(C3CCOCC3)sc2Br)c1F)S(=O)(=O)c1cc(F)ccc1F. The fourth-order valence-electron chi connectivity index (χ4n) is 3.68. The summed E-state index contributed by atoms with van der Waals surface area (Å²) in [6.45, 7) is 0.632. The summed E-state index contributed by atoms with van der Waals surface area (Å²) in [4.78, 5) is 3.70. The molecule has 6 nitrogen and oxygen atoms in total. The molecule has 2 aromatic carbocycles. The third-order valence-corrected chi connectivity index (χ3v) is 9.00. The van der Waals surface area contributed by atoms with Gasteiger partial charge in [0.2, 0.25) is 0 Å². The summed E-state index contributed by atoms with van der Waals surface area (Å²) in [6, 6.07) is 6.22. The first-order valence-corrected chi connectivity index (χ1v) is 13.3. The van der Waals surface area contributed by atoms with Gasteiger partial charge < -0.3 is 9.47 Å². The average Bonchev–Trinajstić information content (AvgIpc) is 3.21. The molecule has 0 saturated carbocycles. The van der Waals surface area contributed by atoms with Gasteiger partial charge in [0.15, 0.2) is 5.82 Å². The molecule has 2 heterocycles. The molecule has 0 unspecified atom stereocenters. The molecule has 0 amide bonds. The van der Waals surface area contributed by atoms with E-state index < -0.39 is 39.1 Å². The smallest absolute Gasteiger partial charge is 0.269 e. The minimum absolute atomic E-state index is 0.0648. The topological polar surface area (TPSA) is 68.7 Å². The fourth-order valence-corrected chi connectivity index (χ4v) is 6.91. The zero-order valence-corrected chi connectivity index (χ0v) is 21.2. The van der Waals surface area contributed by atoms with Crippen molar-refractivity contribution in [3.63, 3.8) is 0 Å². The van der Waals surface area contributed by atoms with Gasteiger partial charge in [0.05, 0.1) is 20.2 Å². The van der Waals surface area contributed by atoms with Gasteiger partial charge in [0, 0.05) is 31.8 Å². The van der Waals surface area contributed by atoms with E-state index in [9.17, 15) is 17.2 Å². The number of hydrogen-bond acceptors (Lipinski definition) is 6. The zero-order valence-electron chi connectivity index (χ0n) is 17.9.